The molecule has 0 heterocycles. The van der Waals surface area contributed by atoms with Crippen molar-refractivity contribution in [2.24, 2.45) is 0 Å². The zero-order valence-electron chi connectivity index (χ0n) is 32.3. The van der Waals surface area contributed by atoms with Gasteiger partial charge >= 0.3 is 17.5 Å². The lowest BCUT2D eigenvalue weighted by Gasteiger charge is -2.38. The number of hydrogen-bond acceptors (Lipinski definition) is 9. The van der Waals surface area contributed by atoms with Gasteiger partial charge in [-0.1, -0.05) is 156 Å². The van der Waals surface area contributed by atoms with Crippen LogP contribution in [0, 0.1) is 0 Å². The molecule has 0 aromatic carbocycles. The number of ether oxygens (including phenoxy) is 6. The van der Waals surface area contributed by atoms with Crippen LogP contribution in [0.25, 0.3) is 0 Å². The topological polar surface area (TPSA) is 107 Å². The van der Waals surface area contributed by atoms with Gasteiger partial charge in [0.05, 0.1) is 6.61 Å². The lowest BCUT2D eigenvalue weighted by atomic mass is 10.1. The lowest BCUT2D eigenvalue weighted by Crippen LogP contribution is -2.50. The Labute approximate surface area is 307 Å². The summed E-state index contributed by atoms with van der Waals surface area (Å²) in [7, 11) is -0.572. The minimum absolute atomic E-state index is 0.217. The van der Waals surface area contributed by atoms with Crippen LogP contribution in [-0.4, -0.2) is 49.6 Å². The fraction of sp³-hybridized carbons (Fsp3) is 0.850. The minimum Gasteiger partial charge on any atom is -0.433 e. The highest BCUT2D eigenvalue weighted by Gasteiger charge is 2.49. The maximum atomic E-state index is 13.4. The molecule has 0 saturated carbocycles. The zero-order valence-corrected chi connectivity index (χ0v) is 33.2. The van der Waals surface area contributed by atoms with Gasteiger partial charge in [0.1, 0.15) is 0 Å². The third kappa shape index (κ3) is 25.3. The van der Waals surface area contributed by atoms with Crippen LogP contribution in [0.1, 0.15) is 182 Å². The first-order chi connectivity index (χ1) is 24.4. The van der Waals surface area contributed by atoms with Crippen molar-refractivity contribution in [3.8, 4) is 0 Å². The second kappa shape index (κ2) is 34.4. The number of rotatable bonds is 38. The maximum absolute atomic E-state index is 13.4. The van der Waals surface area contributed by atoms with Crippen molar-refractivity contribution in [1.29, 1.82) is 0 Å². The van der Waals surface area contributed by atoms with Crippen LogP contribution in [0.2, 0.25) is 0 Å². The Morgan fingerprint density at radius 3 is 1.44 bits per heavy atom. The van der Waals surface area contributed by atoms with E-state index in [4.69, 9.17) is 28.4 Å². The summed E-state index contributed by atoms with van der Waals surface area (Å²) in [4.78, 5) is 24.9. The Kier molecular flexibility index (Phi) is 33.3. The molecule has 0 aromatic rings. The molecule has 4 unspecified atom stereocenters. The van der Waals surface area contributed by atoms with Crippen LogP contribution >= 0.6 is 8.46 Å². The van der Waals surface area contributed by atoms with E-state index in [-0.39, 0.29) is 13.2 Å². The predicted octanol–water partition coefficient (Wildman–Crippen LogP) is 11.9. The molecule has 0 bridgehead atoms. The quantitative estimate of drug-likeness (QED) is 0.0202. The van der Waals surface area contributed by atoms with Gasteiger partial charge in [0.15, 0.2) is 0 Å². The summed E-state index contributed by atoms with van der Waals surface area (Å²) in [6.45, 7) is 16.3. The summed E-state index contributed by atoms with van der Waals surface area (Å²) in [5.74, 6) is -1.30. The largest absolute Gasteiger partial charge is 0.433 e. The highest BCUT2D eigenvalue weighted by atomic mass is 31.1. The van der Waals surface area contributed by atoms with Gasteiger partial charge in [-0.15, -0.1) is 0 Å². The van der Waals surface area contributed by atoms with Crippen LogP contribution in [-0.2, 0) is 42.6 Å². The first kappa shape index (κ1) is 48.4. The molecule has 0 aromatic heterocycles. The summed E-state index contributed by atoms with van der Waals surface area (Å²) in [6, 6.07) is 0. The lowest BCUT2D eigenvalue weighted by molar-refractivity contribution is -0.366. The van der Waals surface area contributed by atoms with Crippen molar-refractivity contribution >= 4 is 20.4 Å². The Morgan fingerprint density at radius 1 is 0.580 bits per heavy atom. The maximum Gasteiger partial charge on any atom is 0.332 e. The second-order valence-corrected chi connectivity index (χ2v) is 13.9. The molecule has 0 fully saturated rings. The van der Waals surface area contributed by atoms with E-state index in [0.29, 0.717) is 19.3 Å². The van der Waals surface area contributed by atoms with Gasteiger partial charge in [-0.05, 0) is 25.7 Å². The number of esters is 2. The van der Waals surface area contributed by atoms with Crippen LogP contribution in [0.4, 0.5) is 0 Å². The molecule has 0 radical (unpaired) electrons. The summed E-state index contributed by atoms with van der Waals surface area (Å²) >= 11 is 0. The average molecular weight is 729 g/mol. The van der Waals surface area contributed by atoms with Gasteiger partial charge in [-0.25, -0.2) is 9.59 Å². The van der Waals surface area contributed by atoms with Gasteiger partial charge in [-0.3, -0.25) is 9.30 Å². The molecule has 0 spiro atoms. The second-order valence-electron chi connectivity index (χ2n) is 13.1. The van der Waals surface area contributed by atoms with Gasteiger partial charge < -0.3 is 23.7 Å². The van der Waals surface area contributed by atoms with E-state index in [2.05, 4.69) is 40.9 Å². The number of hydrogen-bond donors (Lipinski definition) is 0. The Balaban J connectivity index is 6.44. The molecule has 0 aliphatic carbocycles. The molecule has 0 N–H and O–H groups in total. The first-order valence-corrected chi connectivity index (χ1v) is 20.8. The van der Waals surface area contributed by atoms with Crippen LogP contribution in [0.15, 0.2) is 25.3 Å². The number of unbranched alkanes of at least 4 members (excludes halogenated alkanes) is 18. The fourth-order valence-electron chi connectivity index (χ4n) is 5.46. The van der Waals surface area contributed by atoms with Gasteiger partial charge in [0, 0.05) is 31.6 Å². The fourth-order valence-corrected chi connectivity index (χ4v) is 5.99. The van der Waals surface area contributed by atoms with E-state index in [0.717, 1.165) is 134 Å². The van der Waals surface area contributed by atoms with E-state index < -0.39 is 44.8 Å². The van der Waals surface area contributed by atoms with E-state index in [9.17, 15) is 14.2 Å². The summed E-state index contributed by atoms with van der Waals surface area (Å²) in [5.41, 5.74) is -2.00. The normalized spacial score (nSPS) is 14.5. The SMILES string of the molecule is C=CC(=O)OC(CCCCCCC)OC(OCCCCCCCC)C(OCCCCCCCC)(OC(CCCCCCC)OC(=O)C=C)P=O. The summed E-state index contributed by atoms with van der Waals surface area (Å²) in [5, 5.41) is 0. The molecule has 4 atom stereocenters. The molecule has 9 nitrogen and oxygen atoms in total. The minimum atomic E-state index is -2.00. The van der Waals surface area contributed by atoms with Crippen molar-refractivity contribution in [2.75, 3.05) is 13.2 Å². The van der Waals surface area contributed by atoms with Gasteiger partial charge in [-0.2, -0.15) is 0 Å². The van der Waals surface area contributed by atoms with Crippen molar-refractivity contribution in [1.82, 2.24) is 0 Å². The number of carbonyl (C=O) groups is 2. The molecule has 0 rings (SSSR count). The molecule has 292 valence electrons. The van der Waals surface area contributed by atoms with Crippen molar-refractivity contribution < 1.29 is 42.6 Å². The monoisotopic (exact) mass is 728 g/mol. The van der Waals surface area contributed by atoms with Crippen molar-refractivity contribution in [3.05, 3.63) is 25.3 Å². The highest BCUT2D eigenvalue weighted by Crippen LogP contribution is 2.38. The molecule has 10 heteroatoms. The molecule has 0 aliphatic rings. The zero-order chi connectivity index (χ0) is 37.1. The van der Waals surface area contributed by atoms with E-state index in [1.54, 1.807) is 0 Å². The molecule has 50 heavy (non-hydrogen) atoms. The van der Waals surface area contributed by atoms with Gasteiger partial charge in [0.2, 0.25) is 27.3 Å². The van der Waals surface area contributed by atoms with E-state index in [1.807, 2.05) is 0 Å². The van der Waals surface area contributed by atoms with E-state index >= 15 is 0 Å². The molecular weight excluding hydrogens is 655 g/mol. The third-order valence-electron chi connectivity index (χ3n) is 8.49. The molecular formula is C40H73O9P. The summed E-state index contributed by atoms with van der Waals surface area (Å²) < 4.78 is 50.2. The smallest absolute Gasteiger partial charge is 0.332 e. The van der Waals surface area contributed by atoms with Crippen LogP contribution in [0.5, 0.6) is 0 Å². The van der Waals surface area contributed by atoms with Gasteiger partial charge in [0.25, 0.3) is 0 Å². The standard InChI is InChI=1S/C40H73O9P/c1-7-13-17-21-25-29-33-44-39(48-37(46-35(41)11-5)31-27-23-19-15-9-3)40(50-43,45-34-30-26-22-18-14-8-2)49-38(47-36(42)12-6)32-28-24-20-16-10-4/h11-12,37-39H,5-10,13-34H2,1-4H3. The average Bonchev–Trinajstić information content (AvgIpc) is 3.12. The Hall–Kier alpha value is -1.64. The Bertz CT molecular complexity index is 855. The van der Waals surface area contributed by atoms with Crippen molar-refractivity contribution in [3.63, 3.8) is 0 Å². The first-order valence-electron chi connectivity index (χ1n) is 19.9. The molecule has 0 aliphatic heterocycles. The van der Waals surface area contributed by atoms with Crippen molar-refractivity contribution in [2.45, 2.75) is 206 Å². The third-order valence-corrected chi connectivity index (χ3v) is 9.19. The van der Waals surface area contributed by atoms with E-state index in [1.165, 1.54) is 12.8 Å². The molecule has 0 amide bonds. The highest BCUT2D eigenvalue weighted by molar-refractivity contribution is 7.25. The van der Waals surface area contributed by atoms with Crippen LogP contribution in [0.3, 0.4) is 0 Å². The number of carbonyl (C=O) groups excluding carboxylic acids is 2. The molecule has 0 saturated heterocycles. The predicted molar refractivity (Wildman–Crippen MR) is 202 cm³/mol. The van der Waals surface area contributed by atoms with Crippen LogP contribution < -0.4 is 0 Å². The Morgan fingerprint density at radius 2 is 0.980 bits per heavy atom. The summed E-state index contributed by atoms with van der Waals surface area (Å²) in [6.07, 6.45) is 21.7.